The van der Waals surface area contributed by atoms with Crippen molar-refractivity contribution >= 4 is 11.9 Å². The standard InChI is InChI=1S/C14H26N2O3/c1-9(2)10(8-15)12(17)16-7-5-6-14(3,4)11(16)13(18)19/h9-11H,5-8,15H2,1-4H3,(H,18,19). The number of carboxylic acids is 1. The molecule has 2 atom stereocenters. The highest BCUT2D eigenvalue weighted by Gasteiger charge is 2.45. The Morgan fingerprint density at radius 1 is 1.42 bits per heavy atom. The van der Waals surface area contributed by atoms with E-state index in [-0.39, 0.29) is 24.3 Å². The Kier molecular flexibility index (Phi) is 4.96. The molecule has 0 spiro atoms. The van der Waals surface area contributed by atoms with Crippen molar-refractivity contribution < 1.29 is 14.7 Å². The Labute approximate surface area is 115 Å². The third-order valence-electron chi connectivity index (χ3n) is 4.16. The zero-order chi connectivity index (χ0) is 14.8. The van der Waals surface area contributed by atoms with Crippen LogP contribution in [0.4, 0.5) is 0 Å². The first-order valence-corrected chi connectivity index (χ1v) is 6.95. The summed E-state index contributed by atoms with van der Waals surface area (Å²) in [5, 5.41) is 9.46. The first kappa shape index (κ1) is 16.0. The Bertz CT molecular complexity index is 353. The largest absolute Gasteiger partial charge is 0.480 e. The van der Waals surface area contributed by atoms with Gasteiger partial charge in [-0.2, -0.15) is 0 Å². The molecule has 0 aromatic carbocycles. The zero-order valence-electron chi connectivity index (χ0n) is 12.3. The van der Waals surface area contributed by atoms with Crippen LogP contribution in [0.5, 0.6) is 0 Å². The maximum Gasteiger partial charge on any atom is 0.326 e. The summed E-state index contributed by atoms with van der Waals surface area (Å²) in [6.07, 6.45) is 1.67. The second-order valence-electron chi connectivity index (χ2n) is 6.45. The van der Waals surface area contributed by atoms with Gasteiger partial charge in [-0.3, -0.25) is 4.79 Å². The molecule has 1 fully saturated rings. The van der Waals surface area contributed by atoms with Gasteiger partial charge in [0.2, 0.25) is 5.91 Å². The van der Waals surface area contributed by atoms with Gasteiger partial charge in [0.25, 0.3) is 0 Å². The van der Waals surface area contributed by atoms with Crippen molar-refractivity contribution in [2.24, 2.45) is 23.0 Å². The van der Waals surface area contributed by atoms with Crippen LogP contribution in [0.25, 0.3) is 0 Å². The third-order valence-corrected chi connectivity index (χ3v) is 4.16. The number of hydrogen-bond acceptors (Lipinski definition) is 3. The minimum atomic E-state index is -0.919. The van der Waals surface area contributed by atoms with Crippen molar-refractivity contribution in [3.8, 4) is 0 Å². The van der Waals surface area contributed by atoms with E-state index in [4.69, 9.17) is 5.73 Å². The highest BCUT2D eigenvalue weighted by Crippen LogP contribution is 2.36. The summed E-state index contributed by atoms with van der Waals surface area (Å²) >= 11 is 0. The molecule has 1 rings (SSSR count). The number of piperidine rings is 1. The van der Waals surface area contributed by atoms with Crippen molar-refractivity contribution in [3.05, 3.63) is 0 Å². The number of rotatable bonds is 4. The van der Waals surface area contributed by atoms with Crippen molar-refractivity contribution in [1.29, 1.82) is 0 Å². The molecular formula is C14H26N2O3. The van der Waals surface area contributed by atoms with Crippen LogP contribution in [0.2, 0.25) is 0 Å². The molecule has 1 aliphatic rings. The Hall–Kier alpha value is -1.10. The van der Waals surface area contributed by atoms with E-state index in [1.165, 1.54) is 4.90 Å². The lowest BCUT2D eigenvalue weighted by Gasteiger charge is -2.45. The molecule has 5 heteroatoms. The van der Waals surface area contributed by atoms with E-state index >= 15 is 0 Å². The molecule has 1 aliphatic heterocycles. The predicted molar refractivity (Wildman–Crippen MR) is 73.5 cm³/mol. The van der Waals surface area contributed by atoms with Crippen LogP contribution in [-0.2, 0) is 9.59 Å². The summed E-state index contributed by atoms with van der Waals surface area (Å²) in [5.74, 6) is -1.21. The fraction of sp³-hybridized carbons (Fsp3) is 0.857. The van der Waals surface area contributed by atoms with Crippen LogP contribution in [0.3, 0.4) is 0 Å². The number of hydrogen-bond donors (Lipinski definition) is 2. The number of amides is 1. The van der Waals surface area contributed by atoms with Gasteiger partial charge in [-0.05, 0) is 24.2 Å². The monoisotopic (exact) mass is 270 g/mol. The molecule has 19 heavy (non-hydrogen) atoms. The maximum absolute atomic E-state index is 12.6. The van der Waals surface area contributed by atoms with Gasteiger partial charge in [-0.1, -0.05) is 27.7 Å². The third kappa shape index (κ3) is 3.26. The van der Waals surface area contributed by atoms with E-state index in [2.05, 4.69) is 0 Å². The molecule has 1 saturated heterocycles. The maximum atomic E-state index is 12.6. The second-order valence-corrected chi connectivity index (χ2v) is 6.45. The molecule has 0 aliphatic carbocycles. The lowest BCUT2D eigenvalue weighted by molar-refractivity contribution is -0.161. The van der Waals surface area contributed by atoms with Crippen LogP contribution in [0.1, 0.15) is 40.5 Å². The highest BCUT2D eigenvalue weighted by molar-refractivity contribution is 5.86. The van der Waals surface area contributed by atoms with Gasteiger partial charge < -0.3 is 15.7 Å². The summed E-state index contributed by atoms with van der Waals surface area (Å²) in [6.45, 7) is 8.50. The summed E-state index contributed by atoms with van der Waals surface area (Å²) in [7, 11) is 0. The van der Waals surface area contributed by atoms with Crippen LogP contribution < -0.4 is 5.73 Å². The number of nitrogens with zero attached hydrogens (tertiary/aromatic N) is 1. The lowest BCUT2D eigenvalue weighted by Crippen LogP contribution is -2.58. The number of nitrogens with two attached hydrogens (primary N) is 1. The normalized spacial score (nSPS) is 24.3. The van der Waals surface area contributed by atoms with E-state index < -0.39 is 17.4 Å². The number of likely N-dealkylation sites (tertiary alicyclic amines) is 1. The number of aliphatic carboxylic acids is 1. The highest BCUT2D eigenvalue weighted by atomic mass is 16.4. The van der Waals surface area contributed by atoms with Crippen molar-refractivity contribution in [2.75, 3.05) is 13.1 Å². The lowest BCUT2D eigenvalue weighted by atomic mass is 9.75. The first-order valence-electron chi connectivity index (χ1n) is 6.95. The molecular weight excluding hydrogens is 244 g/mol. The first-order chi connectivity index (χ1) is 8.72. The Morgan fingerprint density at radius 3 is 2.42 bits per heavy atom. The predicted octanol–water partition coefficient (Wildman–Crippen LogP) is 1.32. The van der Waals surface area contributed by atoms with Crippen LogP contribution >= 0.6 is 0 Å². The quantitative estimate of drug-likeness (QED) is 0.807. The average Bonchev–Trinajstić information content (AvgIpc) is 2.26. The van der Waals surface area contributed by atoms with Gasteiger partial charge in [0.1, 0.15) is 6.04 Å². The average molecular weight is 270 g/mol. The summed E-state index contributed by atoms with van der Waals surface area (Å²) < 4.78 is 0. The van der Waals surface area contributed by atoms with Crippen LogP contribution in [0, 0.1) is 17.3 Å². The molecule has 0 saturated carbocycles. The molecule has 5 nitrogen and oxygen atoms in total. The zero-order valence-corrected chi connectivity index (χ0v) is 12.3. The molecule has 1 heterocycles. The van der Waals surface area contributed by atoms with Gasteiger partial charge in [-0.15, -0.1) is 0 Å². The fourth-order valence-electron chi connectivity index (χ4n) is 2.97. The molecule has 0 aromatic rings. The molecule has 110 valence electrons. The van der Waals surface area contributed by atoms with Crippen molar-refractivity contribution in [1.82, 2.24) is 4.90 Å². The molecule has 0 radical (unpaired) electrons. The topological polar surface area (TPSA) is 83.6 Å². The van der Waals surface area contributed by atoms with E-state index in [1.54, 1.807) is 0 Å². The van der Waals surface area contributed by atoms with E-state index in [0.717, 1.165) is 12.8 Å². The molecule has 0 bridgehead atoms. The van der Waals surface area contributed by atoms with Crippen LogP contribution in [0.15, 0.2) is 0 Å². The van der Waals surface area contributed by atoms with E-state index in [0.29, 0.717) is 6.54 Å². The Balaban J connectivity index is 3.02. The fourth-order valence-corrected chi connectivity index (χ4v) is 2.97. The smallest absolute Gasteiger partial charge is 0.326 e. The number of carbonyl (C=O) groups is 2. The molecule has 1 amide bonds. The SMILES string of the molecule is CC(C)C(CN)C(=O)N1CCCC(C)(C)C1C(=O)O. The minimum absolute atomic E-state index is 0.113. The molecule has 0 aromatic heterocycles. The Morgan fingerprint density at radius 2 is 2.00 bits per heavy atom. The van der Waals surface area contributed by atoms with Crippen molar-refractivity contribution in [2.45, 2.75) is 46.6 Å². The van der Waals surface area contributed by atoms with Gasteiger partial charge in [0, 0.05) is 13.1 Å². The van der Waals surface area contributed by atoms with E-state index in [9.17, 15) is 14.7 Å². The van der Waals surface area contributed by atoms with Gasteiger partial charge in [-0.25, -0.2) is 4.79 Å². The summed E-state index contributed by atoms with van der Waals surface area (Å²) in [4.78, 5) is 25.6. The second kappa shape index (κ2) is 5.90. The van der Waals surface area contributed by atoms with Crippen LogP contribution in [-0.4, -0.2) is 41.0 Å². The summed E-state index contributed by atoms with van der Waals surface area (Å²) in [6, 6.07) is -0.749. The number of carboxylic acid groups (broad SMARTS) is 1. The number of carbonyl (C=O) groups excluding carboxylic acids is 1. The minimum Gasteiger partial charge on any atom is -0.480 e. The van der Waals surface area contributed by atoms with E-state index in [1.807, 2.05) is 27.7 Å². The molecule has 2 unspecified atom stereocenters. The molecule has 3 N–H and O–H groups in total. The summed E-state index contributed by atoms with van der Waals surface area (Å²) in [5.41, 5.74) is 5.28. The van der Waals surface area contributed by atoms with Gasteiger partial charge in [0.15, 0.2) is 0 Å². The van der Waals surface area contributed by atoms with Gasteiger partial charge >= 0.3 is 5.97 Å². The van der Waals surface area contributed by atoms with Gasteiger partial charge in [0.05, 0.1) is 5.92 Å². The van der Waals surface area contributed by atoms with Crippen molar-refractivity contribution in [3.63, 3.8) is 0 Å².